The molecule has 13 heteroatoms. The van der Waals surface area contributed by atoms with Crippen LogP contribution < -0.4 is 5.73 Å². The molecule has 4 aromatic rings. The summed E-state index contributed by atoms with van der Waals surface area (Å²) in [6.45, 7) is 0. The van der Waals surface area contributed by atoms with Crippen LogP contribution in [0, 0.1) is 5.95 Å². The predicted octanol–water partition coefficient (Wildman–Crippen LogP) is 5.67. The number of benzene rings is 2. The van der Waals surface area contributed by atoms with E-state index in [4.69, 9.17) is 5.73 Å². The van der Waals surface area contributed by atoms with E-state index in [0.717, 1.165) is 48.7 Å². The summed E-state index contributed by atoms with van der Waals surface area (Å²) in [5, 5.41) is 3.96. The van der Waals surface area contributed by atoms with Gasteiger partial charge in [-0.2, -0.15) is 30.7 Å². The molecule has 4 rings (SSSR count). The number of halogens is 7. The molecule has 37 heavy (non-hydrogen) atoms. The van der Waals surface area contributed by atoms with E-state index in [9.17, 15) is 35.5 Å². The van der Waals surface area contributed by atoms with Crippen molar-refractivity contribution in [2.24, 2.45) is 5.73 Å². The molecule has 0 aliphatic carbocycles. The van der Waals surface area contributed by atoms with E-state index < -0.39 is 63.7 Å². The van der Waals surface area contributed by atoms with Gasteiger partial charge in [-0.3, -0.25) is 4.79 Å². The van der Waals surface area contributed by atoms with Crippen LogP contribution in [0.3, 0.4) is 0 Å². The minimum atomic E-state index is -4.86. The van der Waals surface area contributed by atoms with Gasteiger partial charge in [0.2, 0.25) is 5.95 Å². The van der Waals surface area contributed by atoms with Crippen molar-refractivity contribution in [1.82, 2.24) is 19.7 Å². The van der Waals surface area contributed by atoms with Crippen molar-refractivity contribution in [3.05, 3.63) is 89.5 Å². The molecule has 2 aromatic carbocycles. The molecule has 0 atom stereocenters. The third-order valence-corrected chi connectivity index (χ3v) is 5.09. The highest BCUT2D eigenvalue weighted by molar-refractivity contribution is 6.21. The maximum atomic E-state index is 13.8. The van der Waals surface area contributed by atoms with Crippen LogP contribution in [-0.4, -0.2) is 25.7 Å². The number of hydrogen-bond donors (Lipinski definition) is 1. The fourth-order valence-corrected chi connectivity index (χ4v) is 3.50. The van der Waals surface area contributed by atoms with E-state index in [1.807, 2.05) is 0 Å². The molecule has 2 heterocycles. The monoisotopic (exact) mass is 521 g/mol. The molecular weight excluding hydrogens is 507 g/mol. The Morgan fingerprint density at radius 2 is 1.35 bits per heavy atom. The molecule has 6 nitrogen and oxygen atoms in total. The van der Waals surface area contributed by atoms with Gasteiger partial charge in [0.1, 0.15) is 0 Å². The van der Waals surface area contributed by atoms with Crippen LogP contribution in [0.4, 0.5) is 30.7 Å². The lowest BCUT2D eigenvalue weighted by molar-refractivity contribution is -0.137. The van der Waals surface area contributed by atoms with Gasteiger partial charge in [-0.25, -0.2) is 14.6 Å². The van der Waals surface area contributed by atoms with Crippen LogP contribution in [0.2, 0.25) is 0 Å². The summed E-state index contributed by atoms with van der Waals surface area (Å²) in [6.07, 6.45) is -8.86. The average molecular weight is 521 g/mol. The number of primary amides is 1. The Balaban J connectivity index is 2.03. The van der Waals surface area contributed by atoms with Gasteiger partial charge in [0.05, 0.1) is 22.4 Å². The summed E-state index contributed by atoms with van der Waals surface area (Å²) < 4.78 is 96.6. The molecular formula is C24H14F7N5O. The Morgan fingerprint density at radius 3 is 1.92 bits per heavy atom. The lowest BCUT2D eigenvalue weighted by atomic mass is 10.1. The summed E-state index contributed by atoms with van der Waals surface area (Å²) in [6, 6.07) is 11.8. The van der Waals surface area contributed by atoms with E-state index in [-0.39, 0.29) is 5.69 Å². The zero-order chi connectivity index (χ0) is 27.0. The second kappa shape index (κ2) is 9.48. The van der Waals surface area contributed by atoms with Crippen molar-refractivity contribution in [3.63, 3.8) is 0 Å². The topological polar surface area (TPSA) is 86.7 Å². The van der Waals surface area contributed by atoms with Gasteiger partial charge in [0, 0.05) is 17.3 Å². The molecule has 2 N–H and O–H groups in total. The molecule has 0 saturated carbocycles. The van der Waals surface area contributed by atoms with E-state index in [2.05, 4.69) is 15.1 Å². The van der Waals surface area contributed by atoms with Gasteiger partial charge in [-0.15, -0.1) is 5.10 Å². The van der Waals surface area contributed by atoms with Gasteiger partial charge in [0.25, 0.3) is 5.91 Å². The van der Waals surface area contributed by atoms with Crippen LogP contribution in [-0.2, 0) is 17.1 Å². The fourth-order valence-electron chi connectivity index (χ4n) is 3.50. The zero-order valence-electron chi connectivity index (χ0n) is 18.3. The minimum absolute atomic E-state index is 0.282. The predicted molar refractivity (Wildman–Crippen MR) is 118 cm³/mol. The second-order valence-electron chi connectivity index (χ2n) is 7.54. The zero-order valence-corrected chi connectivity index (χ0v) is 18.3. The average Bonchev–Trinajstić information content (AvgIpc) is 3.25. The van der Waals surface area contributed by atoms with Crippen molar-refractivity contribution in [2.75, 3.05) is 0 Å². The molecule has 0 bridgehead atoms. The molecule has 0 unspecified atom stereocenters. The van der Waals surface area contributed by atoms with Crippen molar-refractivity contribution in [2.45, 2.75) is 12.4 Å². The normalized spacial score (nSPS) is 12.6. The number of nitrogens with two attached hydrogens (primary N) is 1. The van der Waals surface area contributed by atoms with Crippen molar-refractivity contribution in [1.29, 1.82) is 0 Å². The van der Waals surface area contributed by atoms with E-state index >= 15 is 0 Å². The van der Waals surface area contributed by atoms with Crippen LogP contribution in [0.5, 0.6) is 0 Å². The van der Waals surface area contributed by atoms with Crippen LogP contribution in [0.1, 0.15) is 16.8 Å². The minimum Gasteiger partial charge on any atom is -0.365 e. The summed E-state index contributed by atoms with van der Waals surface area (Å²) in [7, 11) is 0. The summed E-state index contributed by atoms with van der Waals surface area (Å²) in [5.74, 6) is -3.26. The van der Waals surface area contributed by atoms with Gasteiger partial charge in [-0.1, -0.05) is 42.5 Å². The number of rotatable bonds is 5. The molecule has 0 fully saturated rings. The molecule has 190 valence electrons. The lowest BCUT2D eigenvalue weighted by Crippen LogP contribution is -2.15. The molecule has 2 aromatic heterocycles. The van der Waals surface area contributed by atoms with Gasteiger partial charge >= 0.3 is 12.4 Å². The van der Waals surface area contributed by atoms with E-state index in [1.54, 1.807) is 0 Å². The third-order valence-electron chi connectivity index (χ3n) is 5.09. The first-order valence-corrected chi connectivity index (χ1v) is 10.3. The van der Waals surface area contributed by atoms with Crippen molar-refractivity contribution in [3.8, 4) is 22.8 Å². The Labute approximate surface area is 203 Å². The van der Waals surface area contributed by atoms with Crippen LogP contribution >= 0.6 is 0 Å². The Bertz CT molecular complexity index is 1510. The summed E-state index contributed by atoms with van der Waals surface area (Å²) >= 11 is 0. The van der Waals surface area contributed by atoms with Crippen LogP contribution in [0.25, 0.3) is 34.5 Å². The SMILES string of the molecule is NC(=O)/C(=C/n1nc(-c2ccccc2C(F)(F)F)nc1-c1ccccc1C(F)(F)F)c1cccc(F)n1. The van der Waals surface area contributed by atoms with Crippen LogP contribution in [0.15, 0.2) is 66.7 Å². The highest BCUT2D eigenvalue weighted by Gasteiger charge is 2.37. The third kappa shape index (κ3) is 5.34. The number of aromatic nitrogens is 4. The molecule has 0 aliphatic heterocycles. The standard InChI is InChI=1S/C24H14F7N5O/c25-19-11-5-10-18(33-19)15(20(32)37)12-36-22(14-7-2-4-9-17(14)24(29,30)31)34-21(35-36)13-6-1-3-8-16(13)23(26,27)28/h1-12H,(H2,32,37)/b15-12+. The first-order valence-electron chi connectivity index (χ1n) is 10.3. The number of pyridine rings is 1. The molecule has 0 saturated heterocycles. The van der Waals surface area contributed by atoms with Crippen molar-refractivity contribution >= 4 is 17.7 Å². The Kier molecular flexibility index (Phi) is 6.55. The number of carbonyl (C=O) groups is 1. The largest absolute Gasteiger partial charge is 0.417 e. The number of hydrogen-bond acceptors (Lipinski definition) is 4. The number of carbonyl (C=O) groups excluding carboxylic acids is 1. The lowest BCUT2D eigenvalue weighted by Gasteiger charge is -2.12. The highest BCUT2D eigenvalue weighted by atomic mass is 19.4. The molecule has 1 amide bonds. The van der Waals surface area contributed by atoms with Gasteiger partial charge in [0.15, 0.2) is 11.6 Å². The second-order valence-corrected chi connectivity index (χ2v) is 7.54. The quantitative estimate of drug-likeness (QED) is 0.208. The Hall–Kier alpha value is -4.55. The van der Waals surface area contributed by atoms with Gasteiger partial charge in [-0.05, 0) is 24.3 Å². The first-order chi connectivity index (χ1) is 17.4. The van der Waals surface area contributed by atoms with E-state index in [1.165, 1.54) is 24.3 Å². The summed E-state index contributed by atoms with van der Waals surface area (Å²) in [5.41, 5.74) is 1.29. The number of alkyl halides is 6. The summed E-state index contributed by atoms with van der Waals surface area (Å²) in [4.78, 5) is 19.7. The Morgan fingerprint density at radius 1 is 0.784 bits per heavy atom. The van der Waals surface area contributed by atoms with Gasteiger partial charge < -0.3 is 5.73 Å². The molecule has 0 radical (unpaired) electrons. The molecule has 0 spiro atoms. The smallest absolute Gasteiger partial charge is 0.365 e. The highest BCUT2D eigenvalue weighted by Crippen LogP contribution is 2.39. The maximum Gasteiger partial charge on any atom is 0.417 e. The maximum absolute atomic E-state index is 13.8. The molecule has 0 aliphatic rings. The number of nitrogens with zero attached hydrogens (tertiary/aromatic N) is 4. The first kappa shape index (κ1) is 25.5. The van der Waals surface area contributed by atoms with Crippen molar-refractivity contribution < 1.29 is 35.5 Å². The van der Waals surface area contributed by atoms with E-state index in [0.29, 0.717) is 4.68 Å². The fraction of sp³-hybridized carbons (Fsp3) is 0.0833. The number of amides is 1.